The van der Waals surface area contributed by atoms with Gasteiger partial charge in [0.25, 0.3) is 0 Å². The third kappa shape index (κ3) is 3.84. The zero-order valence-corrected chi connectivity index (χ0v) is 8.91. The van der Waals surface area contributed by atoms with Gasteiger partial charge in [-0.3, -0.25) is 4.79 Å². The Morgan fingerprint density at radius 3 is 2.87 bits per heavy atom. The molecule has 0 unspecified atom stereocenters. The van der Waals surface area contributed by atoms with Crippen molar-refractivity contribution in [3.63, 3.8) is 0 Å². The van der Waals surface area contributed by atoms with Gasteiger partial charge in [-0.2, -0.15) is 0 Å². The Morgan fingerprint density at radius 1 is 1.53 bits per heavy atom. The zero-order chi connectivity index (χ0) is 11.1. The lowest BCUT2D eigenvalue weighted by molar-refractivity contribution is -0.119. The highest BCUT2D eigenvalue weighted by atomic mass is 16.5. The van der Waals surface area contributed by atoms with Crippen molar-refractivity contribution in [2.75, 3.05) is 25.5 Å². The summed E-state index contributed by atoms with van der Waals surface area (Å²) in [7, 11) is 1.56. The minimum absolute atomic E-state index is 0.0340. The summed E-state index contributed by atoms with van der Waals surface area (Å²) in [4.78, 5) is 15.1. The van der Waals surface area contributed by atoms with Gasteiger partial charge >= 0.3 is 0 Å². The standard InChI is InChI=1S/C10H15N3O2/c1-3-11-9(14)7-12-8-4-5-10(15-2)13-6-8/h4-6,12H,3,7H2,1-2H3,(H,11,14). The molecule has 0 bridgehead atoms. The summed E-state index contributed by atoms with van der Waals surface area (Å²) in [5, 5.41) is 5.64. The molecule has 2 N–H and O–H groups in total. The van der Waals surface area contributed by atoms with E-state index in [4.69, 9.17) is 4.74 Å². The number of nitrogens with zero attached hydrogens (tertiary/aromatic N) is 1. The highest BCUT2D eigenvalue weighted by Gasteiger charge is 1.99. The predicted octanol–water partition coefficient (Wildman–Crippen LogP) is 0.638. The lowest BCUT2D eigenvalue weighted by Gasteiger charge is -2.06. The van der Waals surface area contributed by atoms with Crippen LogP contribution in [0, 0.1) is 0 Å². The van der Waals surface area contributed by atoms with Crippen LogP contribution in [-0.2, 0) is 4.79 Å². The van der Waals surface area contributed by atoms with Gasteiger partial charge in [-0.05, 0) is 13.0 Å². The summed E-state index contributed by atoms with van der Waals surface area (Å²) < 4.78 is 4.92. The van der Waals surface area contributed by atoms with Crippen molar-refractivity contribution >= 4 is 11.6 Å². The normalized spacial score (nSPS) is 9.47. The van der Waals surface area contributed by atoms with Gasteiger partial charge in [0.1, 0.15) is 0 Å². The Kier molecular flexibility index (Phi) is 4.40. The van der Waals surface area contributed by atoms with Crippen molar-refractivity contribution in [1.82, 2.24) is 10.3 Å². The third-order valence-corrected chi connectivity index (χ3v) is 1.77. The van der Waals surface area contributed by atoms with E-state index in [2.05, 4.69) is 15.6 Å². The third-order valence-electron chi connectivity index (χ3n) is 1.77. The topological polar surface area (TPSA) is 63.2 Å². The quantitative estimate of drug-likeness (QED) is 0.747. The Bertz CT molecular complexity index is 311. The molecule has 0 atom stereocenters. The molecule has 0 aliphatic heterocycles. The van der Waals surface area contributed by atoms with Crippen molar-refractivity contribution in [2.45, 2.75) is 6.92 Å². The molecule has 0 aliphatic carbocycles. The molecule has 1 heterocycles. The number of anilines is 1. The first-order chi connectivity index (χ1) is 7.26. The van der Waals surface area contributed by atoms with Crippen LogP contribution in [0.3, 0.4) is 0 Å². The number of likely N-dealkylation sites (N-methyl/N-ethyl adjacent to an activating group) is 1. The van der Waals surface area contributed by atoms with Gasteiger partial charge in [0.15, 0.2) is 0 Å². The minimum Gasteiger partial charge on any atom is -0.481 e. The van der Waals surface area contributed by atoms with Crippen LogP contribution in [0.1, 0.15) is 6.92 Å². The lowest BCUT2D eigenvalue weighted by Crippen LogP contribution is -2.29. The van der Waals surface area contributed by atoms with E-state index in [1.54, 1.807) is 19.4 Å². The van der Waals surface area contributed by atoms with Crippen molar-refractivity contribution in [3.05, 3.63) is 18.3 Å². The smallest absolute Gasteiger partial charge is 0.239 e. The maximum atomic E-state index is 11.1. The summed E-state index contributed by atoms with van der Waals surface area (Å²) >= 11 is 0. The molecule has 0 spiro atoms. The van der Waals surface area contributed by atoms with Crippen molar-refractivity contribution < 1.29 is 9.53 Å². The number of aromatic nitrogens is 1. The first kappa shape index (κ1) is 11.3. The number of methoxy groups -OCH3 is 1. The fourth-order valence-corrected chi connectivity index (χ4v) is 1.05. The van der Waals surface area contributed by atoms with Gasteiger partial charge in [-0.25, -0.2) is 4.98 Å². The predicted molar refractivity (Wildman–Crippen MR) is 58.0 cm³/mol. The fourth-order valence-electron chi connectivity index (χ4n) is 1.05. The summed E-state index contributed by atoms with van der Waals surface area (Å²) in [6, 6.07) is 3.55. The van der Waals surface area contributed by atoms with Crippen LogP contribution < -0.4 is 15.4 Å². The first-order valence-corrected chi connectivity index (χ1v) is 4.77. The van der Waals surface area contributed by atoms with Gasteiger partial charge in [-0.15, -0.1) is 0 Å². The van der Waals surface area contributed by atoms with Crippen LogP contribution in [-0.4, -0.2) is 31.1 Å². The zero-order valence-electron chi connectivity index (χ0n) is 8.91. The average Bonchev–Trinajstić information content (AvgIpc) is 2.27. The van der Waals surface area contributed by atoms with Crippen molar-refractivity contribution in [1.29, 1.82) is 0 Å². The van der Waals surface area contributed by atoms with Crippen LogP contribution in [0.2, 0.25) is 0 Å². The second-order valence-electron chi connectivity index (χ2n) is 2.90. The van der Waals surface area contributed by atoms with Crippen molar-refractivity contribution in [3.8, 4) is 5.88 Å². The molecule has 5 nitrogen and oxygen atoms in total. The molecule has 0 aromatic carbocycles. The maximum absolute atomic E-state index is 11.1. The number of pyridine rings is 1. The van der Waals surface area contributed by atoms with E-state index in [9.17, 15) is 4.79 Å². The molecule has 5 heteroatoms. The van der Waals surface area contributed by atoms with Gasteiger partial charge in [0.05, 0.1) is 25.5 Å². The summed E-state index contributed by atoms with van der Waals surface area (Å²) in [5.41, 5.74) is 0.794. The van der Waals surface area contributed by atoms with E-state index >= 15 is 0 Å². The van der Waals surface area contributed by atoms with Crippen LogP contribution in [0.25, 0.3) is 0 Å². The lowest BCUT2D eigenvalue weighted by atomic mass is 10.4. The van der Waals surface area contributed by atoms with Gasteiger partial charge in [-0.1, -0.05) is 0 Å². The second kappa shape index (κ2) is 5.85. The monoisotopic (exact) mass is 209 g/mol. The number of amides is 1. The molecule has 0 aliphatic rings. The van der Waals surface area contributed by atoms with Gasteiger partial charge in [0, 0.05) is 12.6 Å². The molecule has 0 saturated carbocycles. The second-order valence-corrected chi connectivity index (χ2v) is 2.90. The van der Waals surface area contributed by atoms with E-state index in [1.165, 1.54) is 0 Å². The molecule has 15 heavy (non-hydrogen) atoms. The van der Waals surface area contributed by atoms with Gasteiger partial charge in [0.2, 0.25) is 11.8 Å². The summed E-state index contributed by atoms with van der Waals surface area (Å²) in [6.07, 6.45) is 1.62. The number of hydrogen-bond acceptors (Lipinski definition) is 4. The van der Waals surface area contributed by atoms with Crippen molar-refractivity contribution in [2.24, 2.45) is 0 Å². The fraction of sp³-hybridized carbons (Fsp3) is 0.400. The molecule has 1 aromatic rings. The highest BCUT2D eigenvalue weighted by molar-refractivity contribution is 5.80. The molecule has 1 amide bonds. The van der Waals surface area contributed by atoms with E-state index < -0.39 is 0 Å². The Balaban J connectivity index is 2.40. The minimum atomic E-state index is -0.0340. The number of nitrogens with one attached hydrogen (secondary N) is 2. The molecule has 1 aromatic heterocycles. The van der Waals surface area contributed by atoms with E-state index in [1.807, 2.05) is 13.0 Å². The Hall–Kier alpha value is -1.78. The largest absolute Gasteiger partial charge is 0.481 e. The molecular formula is C10H15N3O2. The van der Waals surface area contributed by atoms with Crippen LogP contribution in [0.15, 0.2) is 18.3 Å². The number of hydrogen-bond donors (Lipinski definition) is 2. The number of ether oxygens (including phenoxy) is 1. The number of carbonyl (C=O) groups is 1. The first-order valence-electron chi connectivity index (χ1n) is 4.77. The van der Waals surface area contributed by atoms with Gasteiger partial charge < -0.3 is 15.4 Å². The average molecular weight is 209 g/mol. The van der Waals surface area contributed by atoms with Crippen LogP contribution >= 0.6 is 0 Å². The van der Waals surface area contributed by atoms with Crippen LogP contribution in [0.5, 0.6) is 5.88 Å². The Labute approximate surface area is 88.9 Å². The molecule has 0 fully saturated rings. The summed E-state index contributed by atoms with van der Waals surface area (Å²) in [5.74, 6) is 0.520. The highest BCUT2D eigenvalue weighted by Crippen LogP contribution is 2.10. The molecule has 0 saturated heterocycles. The number of carbonyl (C=O) groups excluding carboxylic acids is 1. The van der Waals surface area contributed by atoms with E-state index in [0.29, 0.717) is 12.4 Å². The molecule has 82 valence electrons. The molecule has 1 rings (SSSR count). The molecular weight excluding hydrogens is 194 g/mol. The Morgan fingerprint density at radius 2 is 2.33 bits per heavy atom. The van der Waals surface area contributed by atoms with E-state index in [0.717, 1.165) is 5.69 Å². The summed E-state index contributed by atoms with van der Waals surface area (Å²) in [6.45, 7) is 2.77. The van der Waals surface area contributed by atoms with E-state index in [-0.39, 0.29) is 12.5 Å². The van der Waals surface area contributed by atoms with Crippen LogP contribution in [0.4, 0.5) is 5.69 Å². The maximum Gasteiger partial charge on any atom is 0.239 e. The number of rotatable bonds is 5. The molecule has 0 radical (unpaired) electrons. The SMILES string of the molecule is CCNC(=O)CNc1ccc(OC)nc1.